The summed E-state index contributed by atoms with van der Waals surface area (Å²) in [6, 6.07) is 10.1. The first kappa shape index (κ1) is 19.8. The number of hydrogen-bond acceptors (Lipinski definition) is 2. The van der Waals surface area contributed by atoms with Crippen LogP contribution in [-0.4, -0.2) is 29.9 Å². The molecule has 1 saturated heterocycles. The first-order valence-electron chi connectivity index (χ1n) is 9.26. The van der Waals surface area contributed by atoms with Gasteiger partial charge in [-0.2, -0.15) is 0 Å². The number of carbonyl (C=O) groups is 2. The molecule has 5 nitrogen and oxygen atoms in total. The summed E-state index contributed by atoms with van der Waals surface area (Å²) < 4.78 is 26.8. The summed E-state index contributed by atoms with van der Waals surface area (Å²) >= 11 is 0. The molecule has 1 fully saturated rings. The molecule has 7 heteroatoms. The third-order valence-electron chi connectivity index (χ3n) is 4.58. The molecule has 1 heterocycles. The zero-order valence-corrected chi connectivity index (χ0v) is 15.9. The maximum atomic E-state index is 13.4. The van der Waals surface area contributed by atoms with Crippen molar-refractivity contribution in [3.05, 3.63) is 59.7 Å². The SMILES string of the molecule is CC(C)C(=O)Nc1ccc(N2CCCN(Cc3cc(F)cc(F)c3)C2=O)cc1. The minimum absolute atomic E-state index is 0.0738. The van der Waals surface area contributed by atoms with E-state index in [1.165, 1.54) is 12.1 Å². The van der Waals surface area contributed by atoms with E-state index >= 15 is 0 Å². The van der Waals surface area contributed by atoms with E-state index in [-0.39, 0.29) is 24.4 Å². The van der Waals surface area contributed by atoms with Crippen molar-refractivity contribution in [1.29, 1.82) is 0 Å². The largest absolute Gasteiger partial charge is 0.326 e. The van der Waals surface area contributed by atoms with Crippen LogP contribution >= 0.6 is 0 Å². The van der Waals surface area contributed by atoms with Gasteiger partial charge >= 0.3 is 6.03 Å². The average Bonchev–Trinajstić information content (AvgIpc) is 2.63. The molecule has 0 saturated carbocycles. The molecule has 0 spiro atoms. The van der Waals surface area contributed by atoms with Crippen molar-refractivity contribution in [1.82, 2.24) is 4.90 Å². The van der Waals surface area contributed by atoms with Gasteiger partial charge in [0.15, 0.2) is 0 Å². The van der Waals surface area contributed by atoms with Crippen molar-refractivity contribution in [2.45, 2.75) is 26.8 Å². The summed E-state index contributed by atoms with van der Waals surface area (Å²) in [5.41, 5.74) is 1.79. The Morgan fingerprint density at radius 2 is 1.71 bits per heavy atom. The maximum absolute atomic E-state index is 13.4. The molecule has 1 aliphatic heterocycles. The number of rotatable bonds is 5. The van der Waals surface area contributed by atoms with Gasteiger partial charge in [-0.25, -0.2) is 13.6 Å². The molecule has 0 radical (unpaired) electrons. The molecule has 148 valence electrons. The Morgan fingerprint density at radius 1 is 1.07 bits per heavy atom. The Labute approximate surface area is 162 Å². The van der Waals surface area contributed by atoms with Crippen LogP contribution in [0.3, 0.4) is 0 Å². The number of anilines is 2. The molecule has 0 aliphatic carbocycles. The molecule has 1 N–H and O–H groups in total. The minimum Gasteiger partial charge on any atom is -0.326 e. The molecule has 3 amide bonds. The lowest BCUT2D eigenvalue weighted by atomic mass is 10.1. The standard InChI is InChI=1S/C21H23F2N3O2/c1-14(2)20(27)24-18-4-6-19(7-5-18)26-9-3-8-25(21(26)28)13-15-10-16(22)12-17(23)11-15/h4-7,10-12,14H,3,8-9,13H2,1-2H3,(H,24,27). The number of hydrogen-bond donors (Lipinski definition) is 1. The second kappa shape index (κ2) is 8.37. The van der Waals surface area contributed by atoms with Gasteiger partial charge in [0, 0.05) is 43.0 Å². The lowest BCUT2D eigenvalue weighted by Gasteiger charge is -2.35. The van der Waals surface area contributed by atoms with Crippen LogP contribution in [0.25, 0.3) is 0 Å². The summed E-state index contributed by atoms with van der Waals surface area (Å²) in [6.07, 6.45) is 0.745. The van der Waals surface area contributed by atoms with Crippen molar-refractivity contribution >= 4 is 23.3 Å². The van der Waals surface area contributed by atoms with E-state index in [1.807, 2.05) is 13.8 Å². The second-order valence-corrected chi connectivity index (χ2v) is 7.18. The van der Waals surface area contributed by atoms with Gasteiger partial charge in [0.05, 0.1) is 0 Å². The Kier molecular flexibility index (Phi) is 5.92. The molecule has 0 bridgehead atoms. The molecular weight excluding hydrogens is 364 g/mol. The number of benzene rings is 2. The van der Waals surface area contributed by atoms with Crippen LogP contribution in [0.15, 0.2) is 42.5 Å². The van der Waals surface area contributed by atoms with E-state index in [0.717, 1.165) is 12.5 Å². The monoisotopic (exact) mass is 387 g/mol. The second-order valence-electron chi connectivity index (χ2n) is 7.18. The quantitative estimate of drug-likeness (QED) is 0.827. The van der Waals surface area contributed by atoms with Crippen molar-refractivity contribution < 1.29 is 18.4 Å². The lowest BCUT2D eigenvalue weighted by Crippen LogP contribution is -2.49. The third kappa shape index (κ3) is 4.65. The highest BCUT2D eigenvalue weighted by Crippen LogP contribution is 2.24. The molecule has 28 heavy (non-hydrogen) atoms. The topological polar surface area (TPSA) is 52.7 Å². The molecule has 0 unspecified atom stereocenters. The molecular formula is C21H23F2N3O2. The first-order chi connectivity index (χ1) is 13.3. The highest BCUT2D eigenvalue weighted by molar-refractivity contribution is 5.94. The maximum Gasteiger partial charge on any atom is 0.324 e. The van der Waals surface area contributed by atoms with Crippen LogP contribution in [0.5, 0.6) is 0 Å². The fourth-order valence-electron chi connectivity index (χ4n) is 3.10. The van der Waals surface area contributed by atoms with Crippen LogP contribution < -0.4 is 10.2 Å². The number of nitrogens with one attached hydrogen (secondary N) is 1. The van der Waals surface area contributed by atoms with Gasteiger partial charge in [-0.05, 0) is 48.4 Å². The zero-order chi connectivity index (χ0) is 20.3. The van der Waals surface area contributed by atoms with Crippen molar-refractivity contribution in [2.24, 2.45) is 5.92 Å². The summed E-state index contributed by atoms with van der Waals surface area (Å²) in [5, 5.41) is 2.81. The van der Waals surface area contributed by atoms with Gasteiger partial charge < -0.3 is 10.2 Å². The zero-order valence-electron chi connectivity index (χ0n) is 15.9. The summed E-state index contributed by atoms with van der Waals surface area (Å²) in [4.78, 5) is 27.8. The van der Waals surface area contributed by atoms with E-state index in [0.29, 0.717) is 30.0 Å². The van der Waals surface area contributed by atoms with Crippen LogP contribution in [-0.2, 0) is 11.3 Å². The highest BCUT2D eigenvalue weighted by atomic mass is 19.1. The number of nitrogens with zero attached hydrogens (tertiary/aromatic N) is 2. The van der Waals surface area contributed by atoms with Crippen LogP contribution in [0.1, 0.15) is 25.8 Å². The Morgan fingerprint density at radius 3 is 2.32 bits per heavy atom. The molecule has 2 aromatic rings. The van der Waals surface area contributed by atoms with Gasteiger partial charge in [-0.3, -0.25) is 9.69 Å². The summed E-state index contributed by atoms with van der Waals surface area (Å²) in [7, 11) is 0. The van der Waals surface area contributed by atoms with E-state index in [4.69, 9.17) is 0 Å². The predicted octanol–water partition coefficient (Wildman–Crippen LogP) is 4.39. The molecule has 0 atom stereocenters. The van der Waals surface area contributed by atoms with Crippen molar-refractivity contribution in [3.8, 4) is 0 Å². The average molecular weight is 387 g/mol. The highest BCUT2D eigenvalue weighted by Gasteiger charge is 2.27. The van der Waals surface area contributed by atoms with Gasteiger partial charge in [-0.15, -0.1) is 0 Å². The molecule has 0 aromatic heterocycles. The molecule has 2 aromatic carbocycles. The van der Waals surface area contributed by atoms with Gasteiger partial charge in [0.1, 0.15) is 11.6 Å². The van der Waals surface area contributed by atoms with Gasteiger partial charge in [0.2, 0.25) is 5.91 Å². The Balaban J connectivity index is 1.70. The van der Waals surface area contributed by atoms with E-state index in [2.05, 4.69) is 5.32 Å². The fourth-order valence-corrected chi connectivity index (χ4v) is 3.10. The number of amides is 3. The number of carbonyl (C=O) groups excluding carboxylic acids is 2. The van der Waals surface area contributed by atoms with E-state index in [9.17, 15) is 18.4 Å². The number of urea groups is 1. The molecule has 3 rings (SSSR count). The van der Waals surface area contributed by atoms with Crippen LogP contribution in [0.2, 0.25) is 0 Å². The lowest BCUT2D eigenvalue weighted by molar-refractivity contribution is -0.118. The minimum atomic E-state index is -0.657. The smallest absolute Gasteiger partial charge is 0.324 e. The Hall–Kier alpha value is -2.96. The van der Waals surface area contributed by atoms with Gasteiger partial charge in [-0.1, -0.05) is 13.8 Å². The van der Waals surface area contributed by atoms with Crippen molar-refractivity contribution in [2.75, 3.05) is 23.3 Å². The first-order valence-corrected chi connectivity index (χ1v) is 9.26. The summed E-state index contributed by atoms with van der Waals surface area (Å²) in [6.45, 7) is 4.86. The van der Waals surface area contributed by atoms with Crippen molar-refractivity contribution in [3.63, 3.8) is 0 Å². The normalized spacial score (nSPS) is 14.5. The Bertz CT molecular complexity index is 848. The number of halogens is 2. The predicted molar refractivity (Wildman–Crippen MR) is 104 cm³/mol. The van der Waals surface area contributed by atoms with E-state index < -0.39 is 11.6 Å². The van der Waals surface area contributed by atoms with Gasteiger partial charge in [0.25, 0.3) is 0 Å². The molecule has 1 aliphatic rings. The fraction of sp³-hybridized carbons (Fsp3) is 0.333. The summed E-state index contributed by atoms with van der Waals surface area (Å²) in [5.74, 6) is -1.51. The van der Waals surface area contributed by atoms with E-state index in [1.54, 1.807) is 34.1 Å². The third-order valence-corrected chi connectivity index (χ3v) is 4.58. The van der Waals surface area contributed by atoms with Crippen LogP contribution in [0.4, 0.5) is 25.0 Å². The van der Waals surface area contributed by atoms with Crippen LogP contribution in [0, 0.1) is 17.6 Å².